The Morgan fingerprint density at radius 2 is 1.96 bits per heavy atom. The van der Waals surface area contributed by atoms with Gasteiger partial charge in [0.05, 0.1) is 0 Å². The Hall–Kier alpha value is -1.88. The highest BCUT2D eigenvalue weighted by Gasteiger charge is 2.37. The fraction of sp³-hybridized carbons (Fsp3) is 0.579. The second-order valence-electron chi connectivity index (χ2n) is 6.91. The van der Waals surface area contributed by atoms with E-state index in [0.717, 1.165) is 6.42 Å². The van der Waals surface area contributed by atoms with Gasteiger partial charge in [-0.1, -0.05) is 44.2 Å². The van der Waals surface area contributed by atoms with Crippen LogP contribution < -0.4 is 5.32 Å². The number of carbonyl (C=O) groups is 2. The predicted molar refractivity (Wildman–Crippen MR) is 93.6 cm³/mol. The van der Waals surface area contributed by atoms with Crippen LogP contribution in [0.2, 0.25) is 0 Å². The standard InChI is InChI=1S/C19H28N2O3/c1-13(2)18(20-17(22)12-24-4)19(23)21-11-16(10-14(21)3)15-8-6-5-7-9-15/h5-9,13-14,16,18H,10-12H2,1-4H3,(H,20,22)/t14-,16-,18-/m0/s1. The molecule has 1 aliphatic heterocycles. The maximum atomic E-state index is 13.0. The highest BCUT2D eigenvalue weighted by molar-refractivity contribution is 5.88. The summed E-state index contributed by atoms with van der Waals surface area (Å²) in [6.45, 7) is 6.65. The van der Waals surface area contributed by atoms with Crippen molar-refractivity contribution in [2.24, 2.45) is 5.92 Å². The van der Waals surface area contributed by atoms with Crippen LogP contribution in [0.15, 0.2) is 30.3 Å². The summed E-state index contributed by atoms with van der Waals surface area (Å²) in [5, 5.41) is 2.81. The van der Waals surface area contributed by atoms with Gasteiger partial charge >= 0.3 is 0 Å². The third-order valence-corrected chi connectivity index (χ3v) is 4.65. The van der Waals surface area contributed by atoms with Crippen LogP contribution in [0.3, 0.4) is 0 Å². The lowest BCUT2D eigenvalue weighted by Crippen LogP contribution is -2.52. The van der Waals surface area contributed by atoms with Crippen LogP contribution in [-0.2, 0) is 14.3 Å². The number of carbonyl (C=O) groups excluding carboxylic acids is 2. The Kier molecular flexibility index (Phi) is 6.37. The van der Waals surface area contributed by atoms with E-state index in [4.69, 9.17) is 4.74 Å². The second-order valence-corrected chi connectivity index (χ2v) is 6.91. The molecule has 2 rings (SSSR count). The van der Waals surface area contributed by atoms with Gasteiger partial charge in [-0.05, 0) is 24.8 Å². The first kappa shape index (κ1) is 18.5. The minimum absolute atomic E-state index is 0.000356. The van der Waals surface area contributed by atoms with Gasteiger partial charge in [0, 0.05) is 25.6 Å². The summed E-state index contributed by atoms with van der Waals surface area (Å²) in [7, 11) is 1.47. The second kappa shape index (κ2) is 8.29. The molecule has 0 unspecified atom stereocenters. The SMILES string of the molecule is COCC(=O)N[C@H](C(=O)N1C[C@@H](c2ccccc2)C[C@@H]1C)C(C)C. The fourth-order valence-electron chi connectivity index (χ4n) is 3.34. The van der Waals surface area contributed by atoms with Gasteiger partial charge in [-0.3, -0.25) is 9.59 Å². The Labute approximate surface area is 144 Å². The summed E-state index contributed by atoms with van der Waals surface area (Å²) in [6, 6.07) is 9.97. The number of methoxy groups -OCH3 is 1. The van der Waals surface area contributed by atoms with Gasteiger partial charge in [-0.15, -0.1) is 0 Å². The Balaban J connectivity index is 2.08. The number of likely N-dealkylation sites (tertiary alicyclic amines) is 1. The van der Waals surface area contributed by atoms with Crippen LogP contribution in [0.1, 0.15) is 38.7 Å². The topological polar surface area (TPSA) is 58.6 Å². The van der Waals surface area contributed by atoms with Crippen molar-refractivity contribution in [2.75, 3.05) is 20.3 Å². The number of amides is 2. The molecule has 132 valence electrons. The van der Waals surface area contributed by atoms with Crippen LogP contribution in [0.25, 0.3) is 0 Å². The third kappa shape index (κ3) is 4.35. The summed E-state index contributed by atoms with van der Waals surface area (Å²) >= 11 is 0. The normalized spacial score (nSPS) is 21.8. The number of hydrogen-bond donors (Lipinski definition) is 1. The van der Waals surface area contributed by atoms with E-state index in [1.165, 1.54) is 12.7 Å². The zero-order chi connectivity index (χ0) is 17.7. The molecule has 1 heterocycles. The van der Waals surface area contributed by atoms with Crippen LogP contribution in [-0.4, -0.2) is 49.1 Å². The van der Waals surface area contributed by atoms with Crippen molar-refractivity contribution in [3.63, 3.8) is 0 Å². The van der Waals surface area contributed by atoms with E-state index in [-0.39, 0.29) is 30.4 Å². The largest absolute Gasteiger partial charge is 0.375 e. The van der Waals surface area contributed by atoms with E-state index in [9.17, 15) is 9.59 Å². The molecule has 0 aromatic heterocycles. The number of rotatable bonds is 6. The van der Waals surface area contributed by atoms with Crippen molar-refractivity contribution in [3.05, 3.63) is 35.9 Å². The predicted octanol–water partition coefficient (Wildman–Crippen LogP) is 2.18. The first-order valence-corrected chi connectivity index (χ1v) is 8.57. The van der Waals surface area contributed by atoms with Gasteiger partial charge in [0.15, 0.2) is 0 Å². The van der Waals surface area contributed by atoms with Crippen molar-refractivity contribution in [2.45, 2.75) is 45.2 Å². The van der Waals surface area contributed by atoms with Crippen molar-refractivity contribution in [3.8, 4) is 0 Å². The minimum Gasteiger partial charge on any atom is -0.375 e. The minimum atomic E-state index is -0.510. The average molecular weight is 332 g/mol. The molecule has 24 heavy (non-hydrogen) atoms. The summed E-state index contributed by atoms with van der Waals surface area (Å²) in [4.78, 5) is 26.7. The molecule has 0 aliphatic carbocycles. The molecular formula is C19H28N2O3. The van der Waals surface area contributed by atoms with Gasteiger partial charge in [-0.25, -0.2) is 0 Å². The fourth-order valence-corrected chi connectivity index (χ4v) is 3.34. The monoisotopic (exact) mass is 332 g/mol. The molecule has 1 fully saturated rings. The van der Waals surface area contributed by atoms with Crippen molar-refractivity contribution >= 4 is 11.8 Å². The zero-order valence-corrected chi connectivity index (χ0v) is 15.0. The first-order chi connectivity index (χ1) is 11.4. The Bertz CT molecular complexity index is 559. The number of hydrogen-bond acceptors (Lipinski definition) is 3. The lowest BCUT2D eigenvalue weighted by atomic mass is 9.97. The average Bonchev–Trinajstić information content (AvgIpc) is 2.95. The van der Waals surface area contributed by atoms with Gasteiger partial charge < -0.3 is 15.0 Å². The van der Waals surface area contributed by atoms with E-state index in [1.54, 1.807) is 0 Å². The third-order valence-electron chi connectivity index (χ3n) is 4.65. The highest BCUT2D eigenvalue weighted by Crippen LogP contribution is 2.32. The number of benzene rings is 1. The van der Waals surface area contributed by atoms with Gasteiger partial charge in [0.25, 0.3) is 0 Å². The van der Waals surface area contributed by atoms with Crippen LogP contribution >= 0.6 is 0 Å². The molecule has 2 amide bonds. The molecule has 3 atom stereocenters. The van der Waals surface area contributed by atoms with Crippen LogP contribution in [0, 0.1) is 5.92 Å². The van der Waals surface area contributed by atoms with Crippen molar-refractivity contribution < 1.29 is 14.3 Å². The molecule has 0 spiro atoms. The summed E-state index contributed by atoms with van der Waals surface area (Å²) in [5.41, 5.74) is 1.27. The summed E-state index contributed by atoms with van der Waals surface area (Å²) in [6.07, 6.45) is 0.951. The molecule has 0 saturated carbocycles. The molecule has 1 aromatic carbocycles. The molecule has 0 radical (unpaired) electrons. The number of ether oxygens (including phenoxy) is 1. The molecule has 1 N–H and O–H groups in total. The molecule has 1 saturated heterocycles. The van der Waals surface area contributed by atoms with Gasteiger partial charge in [0.2, 0.25) is 11.8 Å². The van der Waals surface area contributed by atoms with E-state index in [2.05, 4.69) is 24.4 Å². The maximum absolute atomic E-state index is 13.0. The Morgan fingerprint density at radius 1 is 1.29 bits per heavy atom. The van der Waals surface area contributed by atoms with Gasteiger partial charge in [0.1, 0.15) is 12.6 Å². The molecule has 5 nitrogen and oxygen atoms in total. The first-order valence-electron chi connectivity index (χ1n) is 8.57. The molecule has 1 aromatic rings. The van der Waals surface area contributed by atoms with Crippen LogP contribution in [0.5, 0.6) is 0 Å². The van der Waals surface area contributed by atoms with E-state index < -0.39 is 6.04 Å². The summed E-state index contributed by atoms with van der Waals surface area (Å²) < 4.78 is 4.85. The molecule has 5 heteroatoms. The smallest absolute Gasteiger partial charge is 0.246 e. The molecular weight excluding hydrogens is 304 g/mol. The number of nitrogens with one attached hydrogen (secondary N) is 1. The zero-order valence-electron chi connectivity index (χ0n) is 15.0. The van der Waals surface area contributed by atoms with Crippen molar-refractivity contribution in [1.29, 1.82) is 0 Å². The molecule has 0 bridgehead atoms. The van der Waals surface area contributed by atoms with E-state index in [0.29, 0.717) is 12.5 Å². The maximum Gasteiger partial charge on any atom is 0.246 e. The lowest BCUT2D eigenvalue weighted by Gasteiger charge is -2.29. The number of nitrogens with zero attached hydrogens (tertiary/aromatic N) is 1. The quantitative estimate of drug-likeness (QED) is 0.869. The van der Waals surface area contributed by atoms with Crippen molar-refractivity contribution in [1.82, 2.24) is 10.2 Å². The van der Waals surface area contributed by atoms with E-state index in [1.807, 2.05) is 36.9 Å². The highest BCUT2D eigenvalue weighted by atomic mass is 16.5. The van der Waals surface area contributed by atoms with E-state index >= 15 is 0 Å². The lowest BCUT2D eigenvalue weighted by molar-refractivity contribution is -0.139. The van der Waals surface area contributed by atoms with Gasteiger partial charge in [-0.2, -0.15) is 0 Å². The Morgan fingerprint density at radius 3 is 2.54 bits per heavy atom. The summed E-state index contributed by atoms with van der Waals surface area (Å²) in [5.74, 6) is 0.130. The van der Waals surface area contributed by atoms with Crippen LogP contribution in [0.4, 0.5) is 0 Å². The molecule has 1 aliphatic rings.